The molecule has 15 heavy (non-hydrogen) atoms. The molecule has 0 amide bonds. The Bertz CT molecular complexity index is 476. The Kier molecular flexibility index (Phi) is 2.73. The smallest absolute Gasteiger partial charge is 0.119 e. The lowest BCUT2D eigenvalue weighted by Crippen LogP contribution is -1.83. The normalized spacial score (nSPS) is 10.3. The van der Waals surface area contributed by atoms with Gasteiger partial charge < -0.3 is 4.74 Å². The highest BCUT2D eigenvalue weighted by atomic mass is 32.1. The number of aryl methyl sites for hydroxylation is 2. The number of benzene rings is 1. The number of hydrogen-bond donors (Lipinski definition) is 0. The number of methoxy groups -OCH3 is 1. The van der Waals surface area contributed by atoms with Crippen molar-refractivity contribution in [3.63, 3.8) is 0 Å². The Morgan fingerprint density at radius 2 is 2.07 bits per heavy atom. The molecule has 0 spiro atoms. The standard InChI is InChI=1S/C12H13NOS/c1-8-12(15-9(2)13-8)10-5-4-6-11(7-10)14-3/h4-7H,1-3H3. The van der Waals surface area contributed by atoms with Crippen molar-refractivity contribution in [3.05, 3.63) is 35.0 Å². The average Bonchev–Trinajstić information content (AvgIpc) is 2.58. The molecule has 0 N–H and O–H groups in total. The molecule has 2 rings (SSSR count). The van der Waals surface area contributed by atoms with Gasteiger partial charge in [0.25, 0.3) is 0 Å². The van der Waals surface area contributed by atoms with E-state index < -0.39 is 0 Å². The van der Waals surface area contributed by atoms with Crippen LogP contribution in [0.15, 0.2) is 24.3 Å². The zero-order valence-corrected chi connectivity index (χ0v) is 9.89. The fraction of sp³-hybridized carbons (Fsp3) is 0.250. The van der Waals surface area contributed by atoms with Crippen LogP contribution in [0, 0.1) is 13.8 Å². The monoisotopic (exact) mass is 219 g/mol. The van der Waals surface area contributed by atoms with Gasteiger partial charge in [0.1, 0.15) is 5.75 Å². The second-order valence-electron chi connectivity index (χ2n) is 3.38. The van der Waals surface area contributed by atoms with Gasteiger partial charge in [-0.3, -0.25) is 0 Å². The molecule has 0 aliphatic rings. The van der Waals surface area contributed by atoms with Gasteiger partial charge in [0.15, 0.2) is 0 Å². The van der Waals surface area contributed by atoms with Gasteiger partial charge in [-0.05, 0) is 31.5 Å². The SMILES string of the molecule is COc1cccc(-c2sc(C)nc2C)c1. The minimum absolute atomic E-state index is 0.887. The van der Waals surface area contributed by atoms with Crippen molar-refractivity contribution in [1.82, 2.24) is 4.98 Å². The molecule has 78 valence electrons. The van der Waals surface area contributed by atoms with Gasteiger partial charge in [-0.2, -0.15) is 0 Å². The highest BCUT2D eigenvalue weighted by molar-refractivity contribution is 7.15. The number of nitrogens with zero attached hydrogens (tertiary/aromatic N) is 1. The van der Waals surface area contributed by atoms with Crippen LogP contribution in [-0.2, 0) is 0 Å². The topological polar surface area (TPSA) is 22.1 Å². The van der Waals surface area contributed by atoms with Crippen LogP contribution in [-0.4, -0.2) is 12.1 Å². The van der Waals surface area contributed by atoms with Crippen molar-refractivity contribution in [2.24, 2.45) is 0 Å². The summed E-state index contributed by atoms with van der Waals surface area (Å²) < 4.78 is 5.21. The first kappa shape index (κ1) is 10.2. The zero-order chi connectivity index (χ0) is 10.8. The van der Waals surface area contributed by atoms with Gasteiger partial charge >= 0.3 is 0 Å². The van der Waals surface area contributed by atoms with Crippen molar-refractivity contribution < 1.29 is 4.74 Å². The van der Waals surface area contributed by atoms with Crippen molar-refractivity contribution in [3.8, 4) is 16.2 Å². The van der Waals surface area contributed by atoms with Crippen LogP contribution in [0.1, 0.15) is 10.7 Å². The molecule has 1 aromatic carbocycles. The molecule has 0 atom stereocenters. The van der Waals surface area contributed by atoms with E-state index in [2.05, 4.69) is 11.1 Å². The van der Waals surface area contributed by atoms with E-state index in [0.717, 1.165) is 16.5 Å². The maximum atomic E-state index is 5.21. The first-order chi connectivity index (χ1) is 7.20. The highest BCUT2D eigenvalue weighted by Gasteiger charge is 2.07. The average molecular weight is 219 g/mol. The number of ether oxygens (including phenoxy) is 1. The van der Waals surface area contributed by atoms with E-state index in [-0.39, 0.29) is 0 Å². The summed E-state index contributed by atoms with van der Waals surface area (Å²) in [5.41, 5.74) is 2.27. The van der Waals surface area contributed by atoms with Crippen LogP contribution >= 0.6 is 11.3 Å². The van der Waals surface area contributed by atoms with Crippen LogP contribution in [0.5, 0.6) is 5.75 Å². The molecule has 0 saturated heterocycles. The van der Waals surface area contributed by atoms with Gasteiger partial charge in [-0.15, -0.1) is 11.3 Å². The molecule has 1 aromatic heterocycles. The van der Waals surface area contributed by atoms with E-state index in [1.807, 2.05) is 32.0 Å². The van der Waals surface area contributed by atoms with Crippen molar-refractivity contribution in [2.75, 3.05) is 7.11 Å². The van der Waals surface area contributed by atoms with E-state index in [1.54, 1.807) is 18.4 Å². The second-order valence-corrected chi connectivity index (χ2v) is 4.58. The summed E-state index contributed by atoms with van der Waals surface area (Å²) in [5.74, 6) is 0.887. The lowest BCUT2D eigenvalue weighted by molar-refractivity contribution is 0.415. The summed E-state index contributed by atoms with van der Waals surface area (Å²) in [6.45, 7) is 4.07. The maximum absolute atomic E-state index is 5.21. The minimum Gasteiger partial charge on any atom is -0.497 e. The molecule has 0 bridgehead atoms. The van der Waals surface area contributed by atoms with Gasteiger partial charge in [0.05, 0.1) is 22.7 Å². The van der Waals surface area contributed by atoms with Crippen LogP contribution in [0.4, 0.5) is 0 Å². The Morgan fingerprint density at radius 3 is 2.67 bits per heavy atom. The summed E-state index contributed by atoms with van der Waals surface area (Å²) in [5, 5.41) is 1.10. The third-order valence-corrected chi connectivity index (χ3v) is 3.36. The van der Waals surface area contributed by atoms with Gasteiger partial charge in [-0.25, -0.2) is 4.98 Å². The molecular formula is C12H13NOS. The minimum atomic E-state index is 0.887. The van der Waals surface area contributed by atoms with Crippen LogP contribution in [0.25, 0.3) is 10.4 Å². The fourth-order valence-electron chi connectivity index (χ4n) is 1.56. The maximum Gasteiger partial charge on any atom is 0.119 e. The van der Waals surface area contributed by atoms with Gasteiger partial charge in [-0.1, -0.05) is 12.1 Å². The number of thiazole rings is 1. The molecular weight excluding hydrogens is 206 g/mol. The van der Waals surface area contributed by atoms with E-state index >= 15 is 0 Å². The summed E-state index contributed by atoms with van der Waals surface area (Å²) in [6, 6.07) is 8.08. The Hall–Kier alpha value is -1.35. The van der Waals surface area contributed by atoms with E-state index in [4.69, 9.17) is 4.74 Å². The molecule has 2 aromatic rings. The third kappa shape index (κ3) is 2.02. The van der Waals surface area contributed by atoms with Gasteiger partial charge in [0, 0.05) is 0 Å². The first-order valence-corrected chi connectivity index (χ1v) is 5.61. The zero-order valence-electron chi connectivity index (χ0n) is 9.07. The van der Waals surface area contributed by atoms with E-state index in [1.165, 1.54) is 10.4 Å². The second kappa shape index (κ2) is 4.03. The van der Waals surface area contributed by atoms with Crippen LogP contribution in [0.2, 0.25) is 0 Å². The van der Waals surface area contributed by atoms with Crippen molar-refractivity contribution in [1.29, 1.82) is 0 Å². The molecule has 0 saturated carbocycles. The van der Waals surface area contributed by atoms with Gasteiger partial charge in [0.2, 0.25) is 0 Å². The summed E-state index contributed by atoms with van der Waals surface area (Å²) in [4.78, 5) is 5.65. The van der Waals surface area contributed by atoms with Crippen molar-refractivity contribution >= 4 is 11.3 Å². The first-order valence-electron chi connectivity index (χ1n) is 4.79. The Morgan fingerprint density at radius 1 is 1.27 bits per heavy atom. The number of aromatic nitrogens is 1. The fourth-order valence-corrected chi connectivity index (χ4v) is 2.48. The molecule has 3 heteroatoms. The molecule has 1 heterocycles. The summed E-state index contributed by atoms with van der Waals surface area (Å²) in [7, 11) is 1.68. The Balaban J connectivity index is 2.49. The molecule has 0 aliphatic heterocycles. The molecule has 0 fully saturated rings. The van der Waals surface area contributed by atoms with E-state index in [9.17, 15) is 0 Å². The number of hydrogen-bond acceptors (Lipinski definition) is 3. The lowest BCUT2D eigenvalue weighted by atomic mass is 10.1. The Labute approximate surface area is 93.6 Å². The summed E-state index contributed by atoms with van der Waals surface area (Å²) in [6.07, 6.45) is 0. The molecule has 0 radical (unpaired) electrons. The van der Waals surface area contributed by atoms with Crippen LogP contribution < -0.4 is 4.74 Å². The summed E-state index contributed by atoms with van der Waals surface area (Å²) >= 11 is 1.72. The predicted octanol–water partition coefficient (Wildman–Crippen LogP) is 3.44. The third-order valence-electron chi connectivity index (χ3n) is 2.24. The molecule has 2 nitrogen and oxygen atoms in total. The highest BCUT2D eigenvalue weighted by Crippen LogP contribution is 2.31. The van der Waals surface area contributed by atoms with Crippen LogP contribution in [0.3, 0.4) is 0 Å². The largest absolute Gasteiger partial charge is 0.497 e. The molecule has 0 aliphatic carbocycles. The quantitative estimate of drug-likeness (QED) is 0.772. The van der Waals surface area contributed by atoms with Crippen molar-refractivity contribution in [2.45, 2.75) is 13.8 Å². The van der Waals surface area contributed by atoms with E-state index in [0.29, 0.717) is 0 Å². The number of rotatable bonds is 2. The lowest BCUT2D eigenvalue weighted by Gasteiger charge is -2.02. The molecule has 0 unspecified atom stereocenters. The predicted molar refractivity (Wildman–Crippen MR) is 63.6 cm³/mol.